The molecule has 2 rings (SSSR count). The number of rotatable bonds is 7. The third-order valence-electron chi connectivity index (χ3n) is 2.75. The molecule has 0 aliphatic carbocycles. The number of nitrogens with one attached hydrogen (secondary N) is 1. The average molecular weight is 320 g/mol. The van der Waals surface area contributed by atoms with E-state index in [1.54, 1.807) is 12.1 Å². The fraction of sp³-hybridized carbons (Fsp3) is 0.417. The molecule has 0 radical (unpaired) electrons. The number of alkyl halides is 4. The minimum Gasteiger partial charge on any atom is -0.373 e. The van der Waals surface area contributed by atoms with Crippen LogP contribution in [-0.2, 0) is 11.3 Å². The summed E-state index contributed by atoms with van der Waals surface area (Å²) in [6.07, 6.45) is -0.790. The van der Waals surface area contributed by atoms with Gasteiger partial charge >= 0.3 is 18.0 Å². The first kappa shape index (κ1) is 16.1. The van der Waals surface area contributed by atoms with Crippen molar-refractivity contribution >= 4 is 0 Å². The van der Waals surface area contributed by atoms with Crippen LogP contribution < -0.4 is 5.69 Å². The van der Waals surface area contributed by atoms with Crippen molar-refractivity contribution in [3.63, 3.8) is 0 Å². The largest absolute Gasteiger partial charge is 0.373 e. The molecule has 120 valence electrons. The maximum Gasteiger partial charge on any atom is 0.343 e. The minimum atomic E-state index is -4.21. The summed E-state index contributed by atoms with van der Waals surface area (Å²) in [5, 5.41) is 6.02. The fourth-order valence-electron chi connectivity index (χ4n) is 1.67. The molecule has 10 heteroatoms. The molecule has 2 heterocycles. The molecule has 0 unspecified atom stereocenters. The first-order chi connectivity index (χ1) is 10.4. The Hall–Kier alpha value is -2.23. The number of aromatic amines is 1. The van der Waals surface area contributed by atoms with Crippen LogP contribution in [0.15, 0.2) is 29.3 Å². The third-order valence-corrected chi connectivity index (χ3v) is 2.75. The van der Waals surface area contributed by atoms with Gasteiger partial charge in [-0.3, -0.25) is 9.55 Å². The first-order valence-corrected chi connectivity index (χ1v) is 6.21. The first-order valence-electron chi connectivity index (χ1n) is 6.21. The SMILES string of the molecule is O=c1[nH]nc(-c2cccnc2)n1CCOCC(F)(F)C(F)F. The zero-order valence-electron chi connectivity index (χ0n) is 11.2. The van der Waals surface area contributed by atoms with Crippen molar-refractivity contribution in [3.8, 4) is 11.4 Å². The smallest absolute Gasteiger partial charge is 0.343 e. The zero-order valence-corrected chi connectivity index (χ0v) is 11.2. The van der Waals surface area contributed by atoms with Crippen molar-refractivity contribution < 1.29 is 22.3 Å². The fourth-order valence-corrected chi connectivity index (χ4v) is 1.67. The second kappa shape index (κ2) is 6.69. The highest BCUT2D eigenvalue weighted by atomic mass is 19.3. The average Bonchev–Trinajstić information content (AvgIpc) is 2.85. The molecule has 0 fully saturated rings. The molecule has 0 spiro atoms. The lowest BCUT2D eigenvalue weighted by molar-refractivity contribution is -0.166. The van der Waals surface area contributed by atoms with E-state index in [2.05, 4.69) is 19.9 Å². The summed E-state index contributed by atoms with van der Waals surface area (Å²) in [7, 11) is 0. The maximum atomic E-state index is 12.7. The molecule has 0 saturated heterocycles. The van der Waals surface area contributed by atoms with E-state index >= 15 is 0 Å². The van der Waals surface area contributed by atoms with Gasteiger partial charge in [0, 0.05) is 18.0 Å². The number of pyridine rings is 1. The molecule has 0 aliphatic heterocycles. The molecule has 0 aliphatic rings. The minimum absolute atomic E-state index is 0.112. The van der Waals surface area contributed by atoms with Gasteiger partial charge in [-0.15, -0.1) is 0 Å². The number of H-pyrrole nitrogens is 1. The van der Waals surface area contributed by atoms with Gasteiger partial charge in [-0.2, -0.15) is 13.9 Å². The van der Waals surface area contributed by atoms with Crippen LogP contribution in [0.1, 0.15) is 0 Å². The summed E-state index contributed by atoms with van der Waals surface area (Å²) >= 11 is 0. The van der Waals surface area contributed by atoms with E-state index in [0.717, 1.165) is 4.57 Å². The summed E-state index contributed by atoms with van der Waals surface area (Å²) in [5.74, 6) is -3.96. The quantitative estimate of drug-likeness (QED) is 0.620. The van der Waals surface area contributed by atoms with Crippen LogP contribution in [0.2, 0.25) is 0 Å². The Morgan fingerprint density at radius 3 is 2.82 bits per heavy atom. The molecule has 2 aromatic heterocycles. The van der Waals surface area contributed by atoms with E-state index in [1.165, 1.54) is 12.4 Å². The predicted molar refractivity (Wildman–Crippen MR) is 67.8 cm³/mol. The molecule has 1 N–H and O–H groups in total. The van der Waals surface area contributed by atoms with Crippen LogP contribution in [0, 0.1) is 0 Å². The topological polar surface area (TPSA) is 72.8 Å². The molecule has 0 amide bonds. The Bertz CT molecular complexity index is 657. The van der Waals surface area contributed by atoms with Crippen LogP contribution in [0.4, 0.5) is 17.6 Å². The highest BCUT2D eigenvalue weighted by molar-refractivity contribution is 5.52. The van der Waals surface area contributed by atoms with Gasteiger partial charge < -0.3 is 4.74 Å². The van der Waals surface area contributed by atoms with Crippen molar-refractivity contribution in [1.82, 2.24) is 19.7 Å². The van der Waals surface area contributed by atoms with Gasteiger partial charge in [0.15, 0.2) is 5.82 Å². The number of hydrogen-bond donors (Lipinski definition) is 1. The lowest BCUT2D eigenvalue weighted by Crippen LogP contribution is -2.33. The van der Waals surface area contributed by atoms with Gasteiger partial charge in [0.2, 0.25) is 0 Å². The standard InChI is InChI=1S/C12H12F4N4O2/c13-10(14)12(15,16)7-22-5-4-20-9(18-19-11(20)21)8-2-1-3-17-6-8/h1-3,6,10H,4-5,7H2,(H,19,21). The number of ether oxygens (including phenoxy) is 1. The summed E-state index contributed by atoms with van der Waals surface area (Å²) in [6, 6.07) is 3.30. The number of aromatic nitrogens is 4. The van der Waals surface area contributed by atoms with E-state index in [1.807, 2.05) is 0 Å². The number of nitrogens with zero attached hydrogens (tertiary/aromatic N) is 3. The van der Waals surface area contributed by atoms with Crippen molar-refractivity contribution in [1.29, 1.82) is 0 Å². The third kappa shape index (κ3) is 3.70. The van der Waals surface area contributed by atoms with Gasteiger partial charge in [0.25, 0.3) is 0 Å². The van der Waals surface area contributed by atoms with Crippen molar-refractivity contribution in [2.45, 2.75) is 18.9 Å². The van der Waals surface area contributed by atoms with Crippen LogP contribution in [0.5, 0.6) is 0 Å². The Balaban J connectivity index is 2.00. The molecule has 0 saturated carbocycles. The van der Waals surface area contributed by atoms with Crippen LogP contribution in [-0.4, -0.2) is 45.3 Å². The molecule has 0 aromatic carbocycles. The van der Waals surface area contributed by atoms with Crippen LogP contribution in [0.25, 0.3) is 11.4 Å². The Morgan fingerprint density at radius 1 is 1.41 bits per heavy atom. The summed E-state index contributed by atoms with van der Waals surface area (Å²) < 4.78 is 54.9. The van der Waals surface area contributed by atoms with Gasteiger partial charge in [0.1, 0.15) is 6.61 Å². The van der Waals surface area contributed by atoms with Crippen molar-refractivity contribution in [3.05, 3.63) is 35.0 Å². The number of hydrogen-bond acceptors (Lipinski definition) is 4. The van der Waals surface area contributed by atoms with Gasteiger partial charge in [-0.1, -0.05) is 0 Å². The Kier molecular flexibility index (Phi) is 4.91. The van der Waals surface area contributed by atoms with Crippen LogP contribution >= 0.6 is 0 Å². The lowest BCUT2D eigenvalue weighted by atomic mass is 10.3. The van der Waals surface area contributed by atoms with Crippen LogP contribution in [0.3, 0.4) is 0 Å². The molecular formula is C12H12F4N4O2. The number of halogens is 4. The summed E-state index contributed by atoms with van der Waals surface area (Å²) in [5.41, 5.74) is -0.0261. The lowest BCUT2D eigenvalue weighted by Gasteiger charge is -2.15. The molecule has 2 aromatic rings. The highest BCUT2D eigenvalue weighted by Gasteiger charge is 2.40. The van der Waals surface area contributed by atoms with Crippen molar-refractivity contribution in [2.75, 3.05) is 13.2 Å². The Labute approximate surface area is 121 Å². The van der Waals surface area contributed by atoms with Gasteiger partial charge in [-0.05, 0) is 12.1 Å². The van der Waals surface area contributed by atoms with E-state index in [-0.39, 0.29) is 19.0 Å². The maximum absolute atomic E-state index is 12.7. The van der Waals surface area contributed by atoms with Crippen molar-refractivity contribution in [2.24, 2.45) is 0 Å². The molecule has 6 nitrogen and oxygen atoms in total. The zero-order chi connectivity index (χ0) is 16.2. The van der Waals surface area contributed by atoms with E-state index in [9.17, 15) is 22.4 Å². The van der Waals surface area contributed by atoms with E-state index in [4.69, 9.17) is 0 Å². The molecular weight excluding hydrogens is 308 g/mol. The van der Waals surface area contributed by atoms with E-state index < -0.39 is 24.6 Å². The van der Waals surface area contributed by atoms with Gasteiger partial charge in [0.05, 0.1) is 13.2 Å². The summed E-state index contributed by atoms with van der Waals surface area (Å²) in [6.45, 7) is -1.87. The predicted octanol–water partition coefficient (Wildman–Crippen LogP) is 1.55. The van der Waals surface area contributed by atoms with E-state index in [0.29, 0.717) is 5.56 Å². The molecule has 0 atom stereocenters. The highest BCUT2D eigenvalue weighted by Crippen LogP contribution is 2.22. The molecule has 0 bridgehead atoms. The monoisotopic (exact) mass is 320 g/mol. The second-order valence-corrected chi connectivity index (χ2v) is 4.36. The normalized spacial score (nSPS) is 12.0. The van der Waals surface area contributed by atoms with Gasteiger partial charge in [-0.25, -0.2) is 18.7 Å². The second-order valence-electron chi connectivity index (χ2n) is 4.36. The Morgan fingerprint density at radius 2 is 2.18 bits per heavy atom. The summed E-state index contributed by atoms with van der Waals surface area (Å²) in [4.78, 5) is 15.5. The molecule has 22 heavy (non-hydrogen) atoms.